The maximum absolute atomic E-state index is 13.5. The molecule has 26 heavy (non-hydrogen) atoms. The highest BCUT2D eigenvalue weighted by Gasteiger charge is 2.15. The van der Waals surface area contributed by atoms with Gasteiger partial charge >= 0.3 is 0 Å². The van der Waals surface area contributed by atoms with E-state index in [9.17, 15) is 19.1 Å². The molecule has 3 rings (SSSR count). The lowest BCUT2D eigenvalue weighted by Gasteiger charge is -2.09. The van der Waals surface area contributed by atoms with Crippen LogP contribution in [0.4, 0.5) is 4.39 Å². The van der Waals surface area contributed by atoms with Gasteiger partial charge in [0.1, 0.15) is 11.6 Å². The Hall–Kier alpha value is -3.06. The summed E-state index contributed by atoms with van der Waals surface area (Å²) >= 11 is 5.79. The number of aromatic amines is 1. The number of nitrogens with one attached hydrogen (secondary N) is 3. The number of benzene rings is 2. The zero-order chi connectivity index (χ0) is 18.8. The van der Waals surface area contributed by atoms with Crippen molar-refractivity contribution in [2.45, 2.75) is 13.3 Å². The lowest BCUT2D eigenvalue weighted by molar-refractivity contribution is -0.121. The van der Waals surface area contributed by atoms with E-state index in [4.69, 9.17) is 11.6 Å². The monoisotopic (exact) mass is 375 g/mol. The molecule has 6 nitrogen and oxygen atoms in total. The van der Waals surface area contributed by atoms with Gasteiger partial charge in [-0.25, -0.2) is 4.39 Å². The first-order valence-corrected chi connectivity index (χ1v) is 8.07. The van der Waals surface area contributed by atoms with Crippen molar-refractivity contribution >= 4 is 34.3 Å². The van der Waals surface area contributed by atoms with Crippen LogP contribution in [-0.2, 0) is 11.2 Å². The van der Waals surface area contributed by atoms with Crippen LogP contribution in [0.1, 0.15) is 21.6 Å². The zero-order valence-electron chi connectivity index (χ0n) is 13.7. The number of aromatic nitrogens is 1. The summed E-state index contributed by atoms with van der Waals surface area (Å²) in [5, 5.41) is 10.6. The zero-order valence-corrected chi connectivity index (χ0v) is 14.4. The van der Waals surface area contributed by atoms with Gasteiger partial charge in [-0.15, -0.1) is 0 Å². The highest BCUT2D eigenvalue weighted by molar-refractivity contribution is 6.31. The molecule has 4 N–H and O–H groups in total. The summed E-state index contributed by atoms with van der Waals surface area (Å²) in [5.41, 5.74) is 6.52. The Labute approximate surface area is 152 Å². The number of phenolic OH excluding ortho intramolecular Hbond substituents is 1. The lowest BCUT2D eigenvalue weighted by atomic mass is 10.1. The van der Waals surface area contributed by atoms with Crippen LogP contribution in [0.25, 0.3) is 10.9 Å². The first kappa shape index (κ1) is 17.8. The van der Waals surface area contributed by atoms with E-state index in [0.29, 0.717) is 10.9 Å². The van der Waals surface area contributed by atoms with E-state index < -0.39 is 17.6 Å². The predicted molar refractivity (Wildman–Crippen MR) is 95.4 cm³/mol. The maximum atomic E-state index is 13.5. The van der Waals surface area contributed by atoms with E-state index in [1.807, 2.05) is 0 Å². The fourth-order valence-corrected chi connectivity index (χ4v) is 2.84. The van der Waals surface area contributed by atoms with Crippen molar-refractivity contribution in [3.05, 3.63) is 64.1 Å². The molecule has 0 saturated heterocycles. The van der Waals surface area contributed by atoms with Crippen molar-refractivity contribution in [1.29, 1.82) is 0 Å². The first-order valence-electron chi connectivity index (χ1n) is 7.69. The summed E-state index contributed by atoms with van der Waals surface area (Å²) in [6.45, 7) is 1.78. The number of carbonyl (C=O) groups is 2. The third kappa shape index (κ3) is 3.62. The Bertz CT molecular complexity index is 1020. The number of rotatable bonds is 3. The Morgan fingerprint density at radius 2 is 1.96 bits per heavy atom. The number of halogens is 2. The number of aryl methyl sites for hydroxylation is 1. The maximum Gasteiger partial charge on any atom is 0.273 e. The predicted octanol–water partition coefficient (Wildman–Crippen LogP) is 2.98. The second-order valence-electron chi connectivity index (χ2n) is 5.76. The van der Waals surface area contributed by atoms with Crippen LogP contribution >= 0.6 is 11.6 Å². The standard InChI is InChI=1S/C18H15ClFN3O3/c1-9-12(13-7-11(20)3-4-15(13)21-9)8-17(25)22-23-18(26)14-6-10(19)2-5-16(14)24/h2-7,21,24H,8H2,1H3,(H,22,25)(H,23,26). The topological polar surface area (TPSA) is 94.2 Å². The van der Waals surface area contributed by atoms with Crippen LogP contribution in [0.3, 0.4) is 0 Å². The van der Waals surface area contributed by atoms with E-state index in [1.165, 1.54) is 30.3 Å². The van der Waals surface area contributed by atoms with Crippen molar-refractivity contribution in [1.82, 2.24) is 15.8 Å². The molecule has 1 aromatic heterocycles. The van der Waals surface area contributed by atoms with Gasteiger partial charge in [0.15, 0.2) is 0 Å². The Kier molecular flexibility index (Phi) is 4.81. The van der Waals surface area contributed by atoms with Crippen molar-refractivity contribution < 1.29 is 19.1 Å². The minimum Gasteiger partial charge on any atom is -0.507 e. The van der Waals surface area contributed by atoms with E-state index >= 15 is 0 Å². The van der Waals surface area contributed by atoms with Gasteiger partial charge in [0.25, 0.3) is 5.91 Å². The molecule has 0 aliphatic rings. The van der Waals surface area contributed by atoms with E-state index in [-0.39, 0.29) is 22.8 Å². The average Bonchev–Trinajstić information content (AvgIpc) is 2.90. The van der Waals surface area contributed by atoms with Gasteiger partial charge in [0.05, 0.1) is 12.0 Å². The number of hydrogen-bond acceptors (Lipinski definition) is 3. The number of fused-ring (bicyclic) bond motifs is 1. The minimum absolute atomic E-state index is 0.0584. The number of hydrogen-bond donors (Lipinski definition) is 4. The molecule has 2 aromatic carbocycles. The van der Waals surface area contributed by atoms with Crippen LogP contribution in [0.15, 0.2) is 36.4 Å². The highest BCUT2D eigenvalue weighted by Crippen LogP contribution is 2.24. The number of amides is 2. The smallest absolute Gasteiger partial charge is 0.273 e. The van der Waals surface area contributed by atoms with E-state index in [1.54, 1.807) is 13.0 Å². The van der Waals surface area contributed by atoms with Gasteiger partial charge in [0, 0.05) is 21.6 Å². The van der Waals surface area contributed by atoms with Crippen molar-refractivity contribution in [3.8, 4) is 5.75 Å². The molecule has 0 bridgehead atoms. The molecular formula is C18H15ClFN3O3. The SMILES string of the molecule is Cc1[nH]c2ccc(F)cc2c1CC(=O)NNC(=O)c1cc(Cl)ccc1O. The highest BCUT2D eigenvalue weighted by atomic mass is 35.5. The van der Waals surface area contributed by atoms with Crippen LogP contribution in [0, 0.1) is 12.7 Å². The lowest BCUT2D eigenvalue weighted by Crippen LogP contribution is -2.42. The van der Waals surface area contributed by atoms with Crippen molar-refractivity contribution in [2.24, 2.45) is 0 Å². The fraction of sp³-hybridized carbons (Fsp3) is 0.111. The number of aromatic hydroxyl groups is 1. The van der Waals surface area contributed by atoms with Gasteiger partial charge < -0.3 is 10.1 Å². The summed E-state index contributed by atoms with van der Waals surface area (Å²) in [7, 11) is 0. The molecule has 0 saturated carbocycles. The van der Waals surface area contributed by atoms with Crippen LogP contribution in [-0.4, -0.2) is 21.9 Å². The molecule has 3 aromatic rings. The van der Waals surface area contributed by atoms with Gasteiger partial charge in [-0.2, -0.15) is 0 Å². The fourth-order valence-electron chi connectivity index (χ4n) is 2.67. The van der Waals surface area contributed by atoms with E-state index in [2.05, 4.69) is 15.8 Å². The third-order valence-corrected chi connectivity index (χ3v) is 4.17. The summed E-state index contributed by atoms with van der Waals surface area (Å²) in [4.78, 5) is 27.3. The number of hydrazine groups is 1. The van der Waals surface area contributed by atoms with Gasteiger partial charge in [-0.05, 0) is 48.9 Å². The van der Waals surface area contributed by atoms with Crippen molar-refractivity contribution in [2.75, 3.05) is 0 Å². The molecule has 0 unspecified atom stereocenters. The Morgan fingerprint density at radius 1 is 1.19 bits per heavy atom. The molecular weight excluding hydrogens is 361 g/mol. The van der Waals surface area contributed by atoms with Crippen LogP contribution in [0.2, 0.25) is 5.02 Å². The molecule has 2 amide bonds. The van der Waals surface area contributed by atoms with Crippen LogP contribution < -0.4 is 10.9 Å². The number of H-pyrrole nitrogens is 1. The van der Waals surface area contributed by atoms with Gasteiger partial charge in [-0.1, -0.05) is 11.6 Å². The Balaban J connectivity index is 1.70. The summed E-state index contributed by atoms with van der Waals surface area (Å²) in [6, 6.07) is 8.28. The van der Waals surface area contributed by atoms with Crippen LogP contribution in [0.5, 0.6) is 5.75 Å². The van der Waals surface area contributed by atoms with Gasteiger partial charge in [-0.3, -0.25) is 20.4 Å². The number of carbonyl (C=O) groups excluding carboxylic acids is 2. The normalized spacial score (nSPS) is 10.7. The largest absolute Gasteiger partial charge is 0.507 e. The summed E-state index contributed by atoms with van der Waals surface area (Å²) < 4.78 is 13.5. The number of phenols is 1. The summed E-state index contributed by atoms with van der Waals surface area (Å²) in [5.74, 6) is -1.86. The molecule has 0 spiro atoms. The second-order valence-corrected chi connectivity index (χ2v) is 6.20. The summed E-state index contributed by atoms with van der Waals surface area (Å²) in [6.07, 6.45) is -0.0584. The molecule has 134 valence electrons. The van der Waals surface area contributed by atoms with Crippen molar-refractivity contribution in [3.63, 3.8) is 0 Å². The molecule has 0 aliphatic carbocycles. The van der Waals surface area contributed by atoms with Gasteiger partial charge in [0.2, 0.25) is 5.91 Å². The third-order valence-electron chi connectivity index (χ3n) is 3.94. The first-order chi connectivity index (χ1) is 12.3. The molecule has 0 atom stereocenters. The second kappa shape index (κ2) is 7.05. The molecule has 1 heterocycles. The molecule has 0 fully saturated rings. The average molecular weight is 376 g/mol. The Morgan fingerprint density at radius 3 is 2.73 bits per heavy atom. The molecule has 0 radical (unpaired) electrons. The molecule has 8 heteroatoms. The van der Waals surface area contributed by atoms with E-state index in [0.717, 1.165) is 11.2 Å². The minimum atomic E-state index is -0.708. The molecule has 0 aliphatic heterocycles. The quantitative estimate of drug-likeness (QED) is 0.530.